The second-order valence-corrected chi connectivity index (χ2v) is 17.6. The molecule has 6 atom stereocenters. The van der Waals surface area contributed by atoms with E-state index in [0.717, 1.165) is 5.75 Å². The summed E-state index contributed by atoms with van der Waals surface area (Å²) < 4.78 is 60.5. The lowest BCUT2D eigenvalue weighted by atomic mass is 10.0. The molecule has 3 aromatic rings. The topological polar surface area (TPSA) is 285 Å². The first-order valence-corrected chi connectivity index (χ1v) is 20.5. The molecular formula is C23H32N5O14P3S2. The third kappa shape index (κ3) is 10.4. The standard InChI is InChI=1S/C23H32N5O14P3S2/c1-12(2)10-46-47-13(3)14-6-4-5-7-15(14)22(30)40-16-8-18(28-11-25-19-20(28)26-23(24)27-21(19)29)39-17(16)9-38-44(34,35)42-45(36,37)41-43(31,32)33/h4-7,11-13,16-18H,8-10H2,1-3H3,(H,34,35)(H,36,37)(H2,31,32,33)(H3,24,26,27,29)/t13?,16-,17-,18-/m1/s1. The van der Waals surface area contributed by atoms with E-state index in [2.05, 4.69) is 37.4 Å². The molecule has 0 bridgehead atoms. The number of rotatable bonds is 15. The number of carbonyl (C=O) groups is 1. The molecule has 260 valence electrons. The summed E-state index contributed by atoms with van der Waals surface area (Å²) >= 11 is 0. The minimum atomic E-state index is -5.79. The van der Waals surface area contributed by atoms with E-state index in [4.69, 9.17) is 29.5 Å². The van der Waals surface area contributed by atoms with Crippen LogP contribution in [0.4, 0.5) is 5.95 Å². The van der Waals surface area contributed by atoms with Crippen molar-refractivity contribution < 1.29 is 60.7 Å². The highest BCUT2D eigenvalue weighted by Crippen LogP contribution is 2.66. The average molecular weight is 760 g/mol. The van der Waals surface area contributed by atoms with Gasteiger partial charge in [-0.05, 0) is 24.5 Å². The van der Waals surface area contributed by atoms with Crippen molar-refractivity contribution in [3.8, 4) is 0 Å². The number of nitrogen functional groups attached to an aromatic ring is 1. The number of benzene rings is 1. The van der Waals surface area contributed by atoms with E-state index in [9.17, 15) is 33.1 Å². The van der Waals surface area contributed by atoms with E-state index < -0.39 is 60.0 Å². The van der Waals surface area contributed by atoms with Crippen molar-refractivity contribution in [3.63, 3.8) is 0 Å². The Morgan fingerprint density at radius 2 is 1.85 bits per heavy atom. The Labute approximate surface area is 274 Å². The highest BCUT2D eigenvalue weighted by molar-refractivity contribution is 8.76. The van der Waals surface area contributed by atoms with Gasteiger partial charge >= 0.3 is 29.4 Å². The Bertz CT molecular complexity index is 1800. The van der Waals surface area contributed by atoms with Crippen LogP contribution in [0, 0.1) is 5.92 Å². The van der Waals surface area contributed by atoms with E-state index >= 15 is 0 Å². The van der Waals surface area contributed by atoms with Crippen LogP contribution in [0.1, 0.15) is 54.6 Å². The largest absolute Gasteiger partial charge is 0.490 e. The number of esters is 1. The molecule has 3 heterocycles. The fraction of sp³-hybridized carbons (Fsp3) is 0.478. The van der Waals surface area contributed by atoms with E-state index in [1.807, 2.05) is 6.92 Å². The summed E-state index contributed by atoms with van der Waals surface area (Å²) in [6.45, 7) is 5.22. The molecule has 1 aliphatic rings. The number of carbonyl (C=O) groups excluding carboxylic acids is 1. The zero-order valence-electron chi connectivity index (χ0n) is 24.8. The Hall–Kier alpha value is -2.09. The maximum atomic E-state index is 13.6. The van der Waals surface area contributed by atoms with E-state index in [0.29, 0.717) is 11.5 Å². The lowest BCUT2D eigenvalue weighted by Gasteiger charge is -2.22. The maximum absolute atomic E-state index is 13.6. The average Bonchev–Trinajstić information content (AvgIpc) is 3.53. The molecule has 0 spiro atoms. The molecule has 19 nitrogen and oxygen atoms in total. The number of phosphoric ester groups is 1. The molecule has 1 aromatic carbocycles. The molecule has 3 unspecified atom stereocenters. The molecule has 2 aromatic heterocycles. The number of nitrogens with one attached hydrogen (secondary N) is 1. The van der Waals surface area contributed by atoms with Gasteiger partial charge in [-0.15, -0.1) is 0 Å². The SMILES string of the molecule is CC(C)CSSC(C)c1ccccc1C(=O)O[C@@H]1C[C@H](n2cnc3c(=O)[nH]c(N)nc32)O[C@@H]1COP(=O)(O)OP(=O)(O)OP(=O)(O)O. The van der Waals surface area contributed by atoms with Gasteiger partial charge in [0.2, 0.25) is 5.95 Å². The maximum Gasteiger partial charge on any atom is 0.490 e. The van der Waals surface area contributed by atoms with Gasteiger partial charge < -0.3 is 34.8 Å². The van der Waals surface area contributed by atoms with Crippen molar-refractivity contribution in [2.45, 2.75) is 50.9 Å². The molecule has 0 amide bonds. The van der Waals surface area contributed by atoms with Crippen LogP contribution in [-0.2, 0) is 36.3 Å². The smallest absolute Gasteiger partial charge is 0.456 e. The summed E-state index contributed by atoms with van der Waals surface area (Å²) in [5.41, 5.74) is 5.94. The Morgan fingerprint density at radius 3 is 2.53 bits per heavy atom. The van der Waals surface area contributed by atoms with Crippen LogP contribution >= 0.6 is 45.1 Å². The summed E-state index contributed by atoms with van der Waals surface area (Å²) in [5, 5.41) is -0.108. The van der Waals surface area contributed by atoms with Crippen molar-refractivity contribution in [2.24, 2.45) is 5.92 Å². The first kappa shape index (κ1) is 37.7. The molecule has 24 heteroatoms. The fourth-order valence-electron chi connectivity index (χ4n) is 4.34. The summed E-state index contributed by atoms with van der Waals surface area (Å²) in [5.74, 6) is 0.391. The second kappa shape index (κ2) is 15.2. The quantitative estimate of drug-likeness (QED) is 0.0732. The molecular weight excluding hydrogens is 727 g/mol. The van der Waals surface area contributed by atoms with Gasteiger partial charge in [0.05, 0.1) is 18.5 Å². The highest BCUT2D eigenvalue weighted by Gasteiger charge is 2.44. The predicted molar refractivity (Wildman–Crippen MR) is 170 cm³/mol. The van der Waals surface area contributed by atoms with Gasteiger partial charge in [0.25, 0.3) is 5.56 Å². The molecule has 0 radical (unpaired) electrons. The van der Waals surface area contributed by atoms with Crippen LogP contribution in [0.2, 0.25) is 0 Å². The lowest BCUT2D eigenvalue weighted by Crippen LogP contribution is -2.31. The fourth-order valence-corrected chi connectivity index (χ4v) is 10.2. The molecule has 7 N–H and O–H groups in total. The normalized spacial score (nSPS) is 21.8. The number of ether oxygens (including phenoxy) is 2. The van der Waals surface area contributed by atoms with E-state index in [1.54, 1.807) is 45.9 Å². The minimum absolute atomic E-state index is 0.0185. The number of phosphoric acid groups is 3. The summed E-state index contributed by atoms with van der Waals surface area (Å²) in [6.07, 6.45) is -2.47. The van der Waals surface area contributed by atoms with Crippen molar-refractivity contribution in [2.75, 3.05) is 18.1 Å². The first-order chi connectivity index (χ1) is 21.8. The van der Waals surface area contributed by atoms with E-state index in [1.165, 1.54) is 10.9 Å². The molecule has 4 rings (SSSR count). The van der Waals surface area contributed by atoms with Gasteiger partial charge in [0, 0.05) is 17.4 Å². The Kier molecular flexibility index (Phi) is 12.2. The third-order valence-electron chi connectivity index (χ3n) is 6.25. The number of hydrogen-bond acceptors (Lipinski definition) is 15. The van der Waals surface area contributed by atoms with Crippen molar-refractivity contribution in [1.29, 1.82) is 0 Å². The van der Waals surface area contributed by atoms with E-state index in [-0.39, 0.29) is 34.3 Å². The van der Waals surface area contributed by atoms with Gasteiger partial charge in [-0.3, -0.25) is 18.9 Å². The van der Waals surface area contributed by atoms with Gasteiger partial charge in [0.15, 0.2) is 11.2 Å². The Morgan fingerprint density at radius 1 is 1.15 bits per heavy atom. The molecule has 1 aliphatic heterocycles. The zero-order valence-corrected chi connectivity index (χ0v) is 29.2. The van der Waals surface area contributed by atoms with Crippen LogP contribution in [0.5, 0.6) is 0 Å². The van der Waals surface area contributed by atoms with Crippen LogP contribution in [0.15, 0.2) is 35.4 Å². The van der Waals surface area contributed by atoms with Gasteiger partial charge in [0.1, 0.15) is 18.4 Å². The summed E-state index contributed by atoms with van der Waals surface area (Å²) in [4.78, 5) is 73.3. The van der Waals surface area contributed by atoms with Crippen molar-refractivity contribution >= 4 is 68.1 Å². The highest BCUT2D eigenvalue weighted by atomic mass is 33.1. The first-order valence-electron chi connectivity index (χ1n) is 13.6. The van der Waals surface area contributed by atoms with Gasteiger partial charge in [-0.1, -0.05) is 53.6 Å². The number of anilines is 1. The monoisotopic (exact) mass is 759 g/mol. The van der Waals surface area contributed by atoms with Crippen molar-refractivity contribution in [3.05, 3.63) is 52.1 Å². The Balaban J connectivity index is 1.58. The predicted octanol–water partition coefficient (Wildman–Crippen LogP) is 3.66. The number of nitrogens with zero attached hydrogens (tertiary/aromatic N) is 3. The number of H-pyrrole nitrogens is 1. The van der Waals surface area contributed by atoms with Crippen molar-refractivity contribution in [1.82, 2.24) is 19.5 Å². The number of hydrogen-bond donors (Lipinski definition) is 6. The molecule has 0 saturated carbocycles. The second-order valence-electron chi connectivity index (χ2n) is 10.5. The number of nitrogens with two attached hydrogens (primary N) is 1. The summed E-state index contributed by atoms with van der Waals surface area (Å²) in [7, 11) is -13.7. The molecule has 1 saturated heterocycles. The number of aromatic nitrogens is 4. The van der Waals surface area contributed by atoms with Crippen LogP contribution in [-0.4, -0.2) is 69.6 Å². The molecule has 47 heavy (non-hydrogen) atoms. The zero-order chi connectivity index (χ0) is 34.7. The lowest BCUT2D eigenvalue weighted by molar-refractivity contribution is -0.0490. The van der Waals surface area contributed by atoms with Crippen LogP contribution in [0.25, 0.3) is 11.2 Å². The van der Waals surface area contributed by atoms with Crippen LogP contribution < -0.4 is 11.3 Å². The van der Waals surface area contributed by atoms with Gasteiger partial charge in [-0.25, -0.2) is 23.5 Å². The third-order valence-corrected chi connectivity index (χ3v) is 13.2. The molecule has 1 fully saturated rings. The number of aromatic amines is 1. The minimum Gasteiger partial charge on any atom is -0.456 e. The number of fused-ring (bicyclic) bond motifs is 1. The summed E-state index contributed by atoms with van der Waals surface area (Å²) in [6, 6.07) is 6.81. The van der Waals surface area contributed by atoms with Gasteiger partial charge in [-0.2, -0.15) is 13.6 Å². The van der Waals surface area contributed by atoms with Crippen LogP contribution in [0.3, 0.4) is 0 Å². The number of imidazole rings is 1. The molecule has 0 aliphatic carbocycles.